The Morgan fingerprint density at radius 1 is 0.947 bits per heavy atom. The minimum atomic E-state index is -0.561. The van der Waals surface area contributed by atoms with E-state index in [4.69, 9.17) is 4.74 Å². The van der Waals surface area contributed by atoms with E-state index in [1.807, 2.05) is 31.2 Å². The number of hydrogen-bond donors (Lipinski definition) is 1. The first-order valence-corrected chi connectivity index (χ1v) is 12.3. The number of aromatic nitrogens is 4. The molecule has 4 rings (SSSR count). The van der Waals surface area contributed by atoms with Gasteiger partial charge in [0, 0.05) is 18.8 Å². The van der Waals surface area contributed by atoms with Crippen molar-refractivity contribution < 1.29 is 14.3 Å². The van der Waals surface area contributed by atoms with E-state index in [2.05, 4.69) is 26.6 Å². The van der Waals surface area contributed by atoms with Crippen molar-refractivity contribution in [2.45, 2.75) is 39.8 Å². The molecule has 0 amide bonds. The summed E-state index contributed by atoms with van der Waals surface area (Å²) in [5.41, 5.74) is 1.98. The number of carbonyl (C=O) groups is 1. The van der Waals surface area contributed by atoms with Crippen LogP contribution in [0.4, 0.5) is 5.69 Å². The van der Waals surface area contributed by atoms with Gasteiger partial charge in [0.05, 0.1) is 19.3 Å². The van der Waals surface area contributed by atoms with E-state index in [0.717, 1.165) is 12.0 Å². The van der Waals surface area contributed by atoms with Crippen molar-refractivity contribution in [1.29, 1.82) is 0 Å². The number of H-pyrrole nitrogens is 1. The molecule has 0 bridgehead atoms. The van der Waals surface area contributed by atoms with Crippen LogP contribution in [0.2, 0.25) is 0 Å². The van der Waals surface area contributed by atoms with Crippen molar-refractivity contribution >= 4 is 11.7 Å². The summed E-state index contributed by atoms with van der Waals surface area (Å²) >= 11 is 0. The van der Waals surface area contributed by atoms with Gasteiger partial charge in [-0.15, -0.1) is 0 Å². The zero-order chi connectivity index (χ0) is 27.1. The minimum Gasteiger partial charge on any atom is -0.464 e. The van der Waals surface area contributed by atoms with Crippen molar-refractivity contribution in [1.82, 2.24) is 19.1 Å². The van der Waals surface area contributed by atoms with Gasteiger partial charge >= 0.3 is 17.3 Å². The van der Waals surface area contributed by atoms with Crippen LogP contribution in [0.25, 0.3) is 0 Å². The standard InChI is InChI=1S/C28H29N5O5/c1-4-16-32-27(35)31-26(33(28(32)36)18-20-8-6-19(5-2)7-9-20)30-21-10-12-22(13-11-21)38-23-14-15-29-24(17-23)25(34)37-3/h6-15,17H,4-5,16,18H2,1-3H3,(H,30,31,35). The molecule has 0 saturated carbocycles. The van der Waals surface area contributed by atoms with E-state index in [-0.39, 0.29) is 17.9 Å². The van der Waals surface area contributed by atoms with E-state index in [9.17, 15) is 14.4 Å². The number of nitrogens with one attached hydrogen (secondary N) is 1. The Labute approximate surface area is 218 Å². The van der Waals surface area contributed by atoms with Crippen LogP contribution in [0, 0.1) is 0 Å². The molecule has 1 N–H and O–H groups in total. The van der Waals surface area contributed by atoms with Crippen molar-refractivity contribution in [2.24, 2.45) is 4.99 Å². The molecule has 10 heteroatoms. The molecule has 0 spiro atoms. The lowest BCUT2D eigenvalue weighted by molar-refractivity contribution is 0.0593. The highest BCUT2D eigenvalue weighted by atomic mass is 16.5. The fourth-order valence-corrected chi connectivity index (χ4v) is 3.81. The SMILES string of the molecule is CCCn1c(=O)[nH]/c(=N\c2ccc(Oc3ccnc(C(=O)OC)c3)cc2)n(Cc2ccc(CC)cc2)c1=O. The number of aryl methyl sites for hydroxylation is 1. The molecule has 0 aliphatic carbocycles. The van der Waals surface area contributed by atoms with E-state index in [1.54, 1.807) is 30.3 Å². The van der Waals surface area contributed by atoms with E-state index >= 15 is 0 Å². The van der Waals surface area contributed by atoms with Crippen molar-refractivity contribution in [3.05, 3.63) is 110 Å². The molecule has 2 aromatic carbocycles. The van der Waals surface area contributed by atoms with Gasteiger partial charge in [0.25, 0.3) is 0 Å². The molecule has 196 valence electrons. The highest BCUT2D eigenvalue weighted by Gasteiger charge is 2.11. The third-order valence-electron chi connectivity index (χ3n) is 5.83. The number of benzene rings is 2. The second-order valence-electron chi connectivity index (χ2n) is 8.52. The molecule has 0 saturated heterocycles. The molecule has 38 heavy (non-hydrogen) atoms. The molecule has 10 nitrogen and oxygen atoms in total. The Hall–Kier alpha value is -4.73. The first kappa shape index (κ1) is 26.3. The van der Waals surface area contributed by atoms with E-state index in [1.165, 1.54) is 34.1 Å². The van der Waals surface area contributed by atoms with Gasteiger partial charge < -0.3 is 9.47 Å². The molecule has 0 fully saturated rings. The van der Waals surface area contributed by atoms with Gasteiger partial charge in [0.1, 0.15) is 11.5 Å². The smallest absolute Gasteiger partial charge is 0.356 e. The normalized spacial score (nSPS) is 11.4. The van der Waals surface area contributed by atoms with E-state index in [0.29, 0.717) is 30.2 Å². The summed E-state index contributed by atoms with van der Waals surface area (Å²) < 4.78 is 13.2. The first-order valence-electron chi connectivity index (χ1n) is 12.3. The van der Waals surface area contributed by atoms with Crippen LogP contribution in [-0.2, 0) is 24.2 Å². The molecule has 0 atom stereocenters. The highest BCUT2D eigenvalue weighted by molar-refractivity contribution is 5.87. The van der Waals surface area contributed by atoms with Gasteiger partial charge in [-0.2, -0.15) is 0 Å². The summed E-state index contributed by atoms with van der Waals surface area (Å²) in [6.07, 6.45) is 3.02. The average Bonchev–Trinajstić information content (AvgIpc) is 2.94. The van der Waals surface area contributed by atoms with Gasteiger partial charge in [-0.1, -0.05) is 38.1 Å². The van der Waals surface area contributed by atoms with E-state index < -0.39 is 17.3 Å². The van der Waals surface area contributed by atoms with Gasteiger partial charge in [0.2, 0.25) is 5.62 Å². The van der Waals surface area contributed by atoms with Crippen LogP contribution in [-0.4, -0.2) is 32.2 Å². The summed E-state index contributed by atoms with van der Waals surface area (Å²) in [6.45, 7) is 4.55. The molecule has 0 aliphatic heterocycles. The number of nitrogens with zero attached hydrogens (tertiary/aromatic N) is 4. The number of carbonyl (C=O) groups excluding carboxylic acids is 1. The maximum atomic E-state index is 13.3. The van der Waals surface area contributed by atoms with Gasteiger partial charge in [-0.05, 0) is 54.3 Å². The fourth-order valence-electron chi connectivity index (χ4n) is 3.81. The Balaban J connectivity index is 1.67. The number of methoxy groups -OCH3 is 1. The summed E-state index contributed by atoms with van der Waals surface area (Å²) in [6, 6.07) is 17.9. The molecular weight excluding hydrogens is 486 g/mol. The third kappa shape index (κ3) is 6.15. The summed E-state index contributed by atoms with van der Waals surface area (Å²) in [4.78, 5) is 48.9. The molecule has 0 aliphatic rings. The number of hydrogen-bond acceptors (Lipinski definition) is 7. The van der Waals surface area contributed by atoms with Gasteiger partial charge in [-0.3, -0.25) is 9.55 Å². The van der Waals surface area contributed by atoms with Crippen LogP contribution < -0.4 is 21.7 Å². The predicted molar refractivity (Wildman–Crippen MR) is 142 cm³/mol. The lowest BCUT2D eigenvalue weighted by atomic mass is 10.1. The lowest BCUT2D eigenvalue weighted by Gasteiger charge is -2.11. The van der Waals surface area contributed by atoms with Gasteiger partial charge in [0.15, 0.2) is 5.69 Å². The van der Waals surface area contributed by atoms with Crippen LogP contribution in [0.5, 0.6) is 11.5 Å². The maximum absolute atomic E-state index is 13.3. The first-order chi connectivity index (χ1) is 18.4. The largest absolute Gasteiger partial charge is 0.464 e. The Morgan fingerprint density at radius 3 is 2.32 bits per heavy atom. The molecular formula is C28H29N5O5. The van der Waals surface area contributed by atoms with Crippen LogP contribution in [0.1, 0.15) is 41.9 Å². The minimum absolute atomic E-state index is 0.132. The summed E-state index contributed by atoms with van der Waals surface area (Å²) in [7, 11) is 1.28. The van der Waals surface area contributed by atoms with Crippen LogP contribution in [0.3, 0.4) is 0 Å². The summed E-state index contributed by atoms with van der Waals surface area (Å²) in [5.74, 6) is 0.358. The monoisotopic (exact) mass is 515 g/mol. The number of ether oxygens (including phenoxy) is 2. The third-order valence-corrected chi connectivity index (χ3v) is 5.83. The fraction of sp³-hybridized carbons (Fsp3) is 0.250. The Bertz CT molecular complexity index is 1600. The van der Waals surface area contributed by atoms with Crippen molar-refractivity contribution in [3.8, 4) is 11.5 Å². The highest BCUT2D eigenvalue weighted by Crippen LogP contribution is 2.24. The maximum Gasteiger partial charge on any atom is 0.356 e. The Kier molecular flexibility index (Phi) is 8.32. The topological polar surface area (TPSA) is 121 Å². The molecule has 0 radical (unpaired) electrons. The second kappa shape index (κ2) is 12.0. The predicted octanol–water partition coefficient (Wildman–Crippen LogP) is 3.57. The molecule has 0 unspecified atom stereocenters. The summed E-state index contributed by atoms with van der Waals surface area (Å²) in [5, 5.41) is 0. The average molecular weight is 516 g/mol. The Morgan fingerprint density at radius 2 is 1.66 bits per heavy atom. The molecule has 2 aromatic heterocycles. The van der Waals surface area contributed by atoms with Crippen LogP contribution >= 0.6 is 0 Å². The lowest BCUT2D eigenvalue weighted by Crippen LogP contribution is -2.50. The molecule has 4 aromatic rings. The van der Waals surface area contributed by atoms with Crippen molar-refractivity contribution in [2.75, 3.05) is 7.11 Å². The molecule has 2 heterocycles. The zero-order valence-corrected chi connectivity index (χ0v) is 21.5. The number of rotatable bonds is 9. The van der Waals surface area contributed by atoms with Crippen LogP contribution in [0.15, 0.2) is 81.4 Å². The second-order valence-corrected chi connectivity index (χ2v) is 8.52. The zero-order valence-electron chi connectivity index (χ0n) is 21.5. The van der Waals surface area contributed by atoms with Gasteiger partial charge in [-0.25, -0.2) is 28.9 Å². The quantitative estimate of drug-likeness (QED) is 0.340. The van der Waals surface area contributed by atoms with Crippen molar-refractivity contribution in [3.63, 3.8) is 0 Å². The number of aromatic amines is 1. The number of esters is 1. The number of pyridine rings is 1.